The summed E-state index contributed by atoms with van der Waals surface area (Å²) in [6, 6.07) is 12.9. The van der Waals surface area contributed by atoms with Crippen molar-refractivity contribution in [3.63, 3.8) is 0 Å². The van der Waals surface area contributed by atoms with Gasteiger partial charge in [-0.2, -0.15) is 0 Å². The van der Waals surface area contributed by atoms with Crippen molar-refractivity contribution in [3.05, 3.63) is 74.0 Å². The van der Waals surface area contributed by atoms with Crippen LogP contribution in [0.5, 0.6) is 11.5 Å². The minimum atomic E-state index is -0.184. The quantitative estimate of drug-likeness (QED) is 0.664. The molecule has 3 rings (SSSR count). The highest BCUT2D eigenvalue weighted by molar-refractivity contribution is 6.32. The van der Waals surface area contributed by atoms with Gasteiger partial charge >= 0.3 is 0 Å². The van der Waals surface area contributed by atoms with Gasteiger partial charge in [0, 0.05) is 0 Å². The third-order valence-corrected chi connectivity index (χ3v) is 4.39. The lowest BCUT2D eigenvalue weighted by molar-refractivity contribution is 0.277. The molecule has 2 aromatic carbocycles. The highest BCUT2D eigenvalue weighted by Gasteiger charge is 2.12. The molecule has 0 aliphatic rings. The standard InChI is InChI=1S/C22H23ClN2O3/c1-4-11-28-21-19(23)13-16(14-20(21)27-5-2)12-18-15(3)24-25(22(18)26)17-9-7-6-8-10-17/h6-10,12-14,24H,3-5,11H2,1-2H3/b18-12+. The van der Waals surface area contributed by atoms with Crippen LogP contribution in [0.1, 0.15) is 25.8 Å². The second-order valence-electron chi connectivity index (χ2n) is 6.24. The Labute approximate surface area is 168 Å². The van der Waals surface area contributed by atoms with Crippen molar-refractivity contribution in [3.8, 4) is 17.2 Å². The number of hydrogen-bond acceptors (Lipinski definition) is 3. The first-order valence-corrected chi connectivity index (χ1v) is 9.59. The van der Waals surface area contributed by atoms with Crippen LogP contribution in [0.4, 0.5) is 0 Å². The molecule has 146 valence electrons. The summed E-state index contributed by atoms with van der Waals surface area (Å²) in [5.74, 6) is 1.08. The fourth-order valence-electron chi connectivity index (χ4n) is 2.85. The first kappa shape index (κ1) is 19.8. The molecule has 28 heavy (non-hydrogen) atoms. The van der Waals surface area contributed by atoms with Crippen molar-refractivity contribution in [1.29, 1.82) is 0 Å². The molecule has 0 aliphatic carbocycles. The number of halogens is 1. The lowest BCUT2D eigenvalue weighted by Gasteiger charge is -2.13. The molecule has 0 radical (unpaired) electrons. The number of benzene rings is 2. The van der Waals surface area contributed by atoms with E-state index >= 15 is 0 Å². The predicted octanol–water partition coefficient (Wildman–Crippen LogP) is 3.25. The van der Waals surface area contributed by atoms with Gasteiger partial charge in [0.2, 0.25) is 0 Å². The Morgan fingerprint density at radius 2 is 1.93 bits per heavy atom. The molecule has 0 bridgehead atoms. The molecule has 0 spiro atoms. The molecule has 0 aliphatic heterocycles. The SMILES string of the molecule is C=c1[nH]n(-c2ccccc2)c(=O)/c1=C/c1cc(Cl)c(OCCC)c(OCC)c1. The van der Waals surface area contributed by atoms with Crippen molar-refractivity contribution in [1.82, 2.24) is 9.78 Å². The molecule has 1 heterocycles. The number of rotatable bonds is 7. The summed E-state index contributed by atoms with van der Waals surface area (Å²) < 4.78 is 12.9. The van der Waals surface area contributed by atoms with Gasteiger partial charge in [0.25, 0.3) is 5.56 Å². The Morgan fingerprint density at radius 3 is 2.61 bits per heavy atom. The van der Waals surface area contributed by atoms with E-state index in [2.05, 4.69) is 11.7 Å². The smallest absolute Gasteiger partial charge is 0.279 e. The van der Waals surface area contributed by atoms with Crippen LogP contribution in [0.25, 0.3) is 18.3 Å². The highest BCUT2D eigenvalue weighted by atomic mass is 35.5. The number of nitrogens with one attached hydrogen (secondary N) is 1. The van der Waals surface area contributed by atoms with Crippen molar-refractivity contribution in [2.75, 3.05) is 13.2 Å². The van der Waals surface area contributed by atoms with E-state index in [1.807, 2.05) is 50.2 Å². The number of aromatic nitrogens is 2. The Kier molecular flexibility index (Phi) is 6.26. The van der Waals surface area contributed by atoms with E-state index < -0.39 is 0 Å². The third-order valence-electron chi connectivity index (χ3n) is 4.11. The molecular weight excluding hydrogens is 376 g/mol. The van der Waals surface area contributed by atoms with Crippen LogP contribution in [0.2, 0.25) is 5.02 Å². The number of nitrogens with zero attached hydrogens (tertiary/aromatic N) is 1. The average Bonchev–Trinajstić information content (AvgIpc) is 2.96. The molecule has 1 N–H and O–H groups in total. The molecule has 6 heteroatoms. The minimum absolute atomic E-state index is 0.184. The van der Waals surface area contributed by atoms with Gasteiger partial charge in [0.1, 0.15) is 0 Å². The van der Waals surface area contributed by atoms with Gasteiger partial charge in [-0.25, -0.2) is 4.68 Å². The van der Waals surface area contributed by atoms with Crippen LogP contribution >= 0.6 is 11.6 Å². The normalized spacial score (nSPS) is 11.6. The van der Waals surface area contributed by atoms with Crippen molar-refractivity contribution in [2.24, 2.45) is 0 Å². The Bertz CT molecular complexity index is 1120. The molecule has 0 saturated carbocycles. The van der Waals surface area contributed by atoms with Gasteiger partial charge in [0.05, 0.1) is 34.5 Å². The lowest BCUT2D eigenvalue weighted by atomic mass is 10.1. The predicted molar refractivity (Wildman–Crippen MR) is 113 cm³/mol. The second-order valence-corrected chi connectivity index (χ2v) is 6.64. The average molecular weight is 399 g/mol. The van der Waals surface area contributed by atoms with Crippen LogP contribution in [-0.2, 0) is 0 Å². The minimum Gasteiger partial charge on any atom is -0.490 e. The summed E-state index contributed by atoms with van der Waals surface area (Å²) in [7, 11) is 0. The summed E-state index contributed by atoms with van der Waals surface area (Å²) in [5.41, 5.74) is 1.29. The van der Waals surface area contributed by atoms with Crippen LogP contribution in [-0.4, -0.2) is 23.0 Å². The summed E-state index contributed by atoms with van der Waals surface area (Å²) >= 11 is 6.42. The molecular formula is C22H23ClN2O3. The van der Waals surface area contributed by atoms with E-state index in [0.29, 0.717) is 40.3 Å². The molecule has 5 nitrogen and oxygen atoms in total. The van der Waals surface area contributed by atoms with Crippen molar-refractivity contribution in [2.45, 2.75) is 20.3 Å². The number of H-pyrrole nitrogens is 1. The number of para-hydroxylation sites is 1. The third kappa shape index (κ3) is 4.15. The Morgan fingerprint density at radius 1 is 1.18 bits per heavy atom. The van der Waals surface area contributed by atoms with Gasteiger partial charge in [0.15, 0.2) is 11.5 Å². The molecule has 0 unspecified atom stereocenters. The van der Waals surface area contributed by atoms with Crippen LogP contribution < -0.4 is 25.6 Å². The van der Waals surface area contributed by atoms with E-state index in [1.165, 1.54) is 4.68 Å². The molecule has 3 aromatic rings. The summed E-state index contributed by atoms with van der Waals surface area (Å²) in [5, 5.41) is 4.44. The summed E-state index contributed by atoms with van der Waals surface area (Å²) in [4.78, 5) is 12.9. The zero-order valence-corrected chi connectivity index (χ0v) is 16.8. The van der Waals surface area contributed by atoms with Gasteiger partial charge in [-0.15, -0.1) is 0 Å². The number of hydrogen-bond donors (Lipinski definition) is 1. The van der Waals surface area contributed by atoms with Gasteiger partial charge < -0.3 is 9.47 Å². The van der Waals surface area contributed by atoms with E-state index in [9.17, 15) is 4.79 Å². The van der Waals surface area contributed by atoms with Gasteiger partial charge in [-0.05, 0) is 49.2 Å². The lowest BCUT2D eigenvalue weighted by Crippen LogP contribution is -2.33. The molecule has 0 saturated heterocycles. The summed E-state index contributed by atoms with van der Waals surface area (Å²) in [6.07, 6.45) is 2.61. The number of aromatic amines is 1. The first-order valence-electron chi connectivity index (χ1n) is 9.21. The van der Waals surface area contributed by atoms with Crippen LogP contribution in [0, 0.1) is 0 Å². The maximum Gasteiger partial charge on any atom is 0.279 e. The molecule has 0 amide bonds. The Balaban J connectivity index is 2.10. The Hall–Kier alpha value is -2.92. The first-order chi connectivity index (χ1) is 13.5. The highest BCUT2D eigenvalue weighted by Crippen LogP contribution is 2.37. The maximum atomic E-state index is 12.9. The monoisotopic (exact) mass is 398 g/mol. The van der Waals surface area contributed by atoms with E-state index in [-0.39, 0.29) is 5.56 Å². The molecule has 0 fully saturated rings. The van der Waals surface area contributed by atoms with Crippen LogP contribution in [0.15, 0.2) is 47.3 Å². The fraction of sp³-hybridized carbons (Fsp3) is 0.227. The molecule has 1 aromatic heterocycles. The van der Waals surface area contributed by atoms with Crippen LogP contribution in [0.3, 0.4) is 0 Å². The zero-order valence-electron chi connectivity index (χ0n) is 16.0. The number of ether oxygens (including phenoxy) is 2. The topological polar surface area (TPSA) is 56.2 Å². The van der Waals surface area contributed by atoms with E-state index in [4.69, 9.17) is 21.1 Å². The van der Waals surface area contributed by atoms with Gasteiger partial charge in [-0.1, -0.05) is 43.3 Å². The zero-order chi connectivity index (χ0) is 20.1. The summed E-state index contributed by atoms with van der Waals surface area (Å²) in [6.45, 7) is 8.91. The van der Waals surface area contributed by atoms with Gasteiger partial charge in [-0.3, -0.25) is 9.89 Å². The van der Waals surface area contributed by atoms with Crippen molar-refractivity contribution < 1.29 is 9.47 Å². The fourth-order valence-corrected chi connectivity index (χ4v) is 3.12. The largest absolute Gasteiger partial charge is 0.490 e. The maximum absolute atomic E-state index is 12.9. The molecule has 0 atom stereocenters. The second kappa shape index (κ2) is 8.85. The van der Waals surface area contributed by atoms with Crippen molar-refractivity contribution >= 4 is 24.3 Å². The van der Waals surface area contributed by atoms with E-state index in [1.54, 1.807) is 12.1 Å². The van der Waals surface area contributed by atoms with E-state index in [0.717, 1.165) is 17.7 Å².